The molecule has 0 spiro atoms. The van der Waals surface area contributed by atoms with Crippen molar-refractivity contribution in [2.75, 3.05) is 19.6 Å². The lowest BCUT2D eigenvalue weighted by Gasteiger charge is -2.35. The van der Waals surface area contributed by atoms with Crippen LogP contribution in [0.15, 0.2) is 24.3 Å². The van der Waals surface area contributed by atoms with Crippen LogP contribution in [0.5, 0.6) is 0 Å². The van der Waals surface area contributed by atoms with Gasteiger partial charge in [-0.2, -0.15) is 0 Å². The van der Waals surface area contributed by atoms with Crippen LogP contribution in [0.4, 0.5) is 4.39 Å². The first-order valence-corrected chi connectivity index (χ1v) is 8.15. The average Bonchev–Trinajstić information content (AvgIpc) is 2.58. The third-order valence-corrected chi connectivity index (χ3v) is 4.18. The van der Waals surface area contributed by atoms with Gasteiger partial charge in [0.25, 0.3) is 5.91 Å². The SMILES string of the molecule is NCC1CCCCN1C(=O)CCCNC(=O)c1ccc(F)cc1. The first-order valence-electron chi connectivity index (χ1n) is 8.15. The van der Waals surface area contributed by atoms with Crippen molar-refractivity contribution < 1.29 is 14.0 Å². The van der Waals surface area contributed by atoms with E-state index < -0.39 is 0 Å². The number of halogens is 1. The smallest absolute Gasteiger partial charge is 0.251 e. The van der Waals surface area contributed by atoms with E-state index in [1.807, 2.05) is 4.90 Å². The molecule has 1 aromatic carbocycles. The molecule has 2 rings (SSSR count). The van der Waals surface area contributed by atoms with Gasteiger partial charge in [0.15, 0.2) is 0 Å². The fraction of sp³-hybridized carbons (Fsp3) is 0.529. The lowest BCUT2D eigenvalue weighted by molar-refractivity contribution is -0.134. The largest absolute Gasteiger partial charge is 0.352 e. The number of hydrogen-bond donors (Lipinski definition) is 2. The maximum Gasteiger partial charge on any atom is 0.251 e. The lowest BCUT2D eigenvalue weighted by atomic mass is 10.0. The van der Waals surface area contributed by atoms with Crippen molar-refractivity contribution in [2.24, 2.45) is 5.73 Å². The summed E-state index contributed by atoms with van der Waals surface area (Å²) in [5.41, 5.74) is 6.14. The van der Waals surface area contributed by atoms with E-state index in [1.54, 1.807) is 0 Å². The summed E-state index contributed by atoms with van der Waals surface area (Å²) in [5.74, 6) is -0.519. The molecule has 2 amide bonds. The van der Waals surface area contributed by atoms with Crippen molar-refractivity contribution in [3.05, 3.63) is 35.6 Å². The summed E-state index contributed by atoms with van der Waals surface area (Å²) >= 11 is 0. The van der Waals surface area contributed by atoms with Crippen molar-refractivity contribution in [3.8, 4) is 0 Å². The van der Waals surface area contributed by atoms with Crippen molar-refractivity contribution >= 4 is 11.8 Å². The fourth-order valence-electron chi connectivity index (χ4n) is 2.86. The Balaban J connectivity index is 1.71. The standard InChI is InChI=1S/C17H24FN3O2/c18-14-8-6-13(7-9-14)17(23)20-10-3-5-16(22)21-11-2-1-4-15(21)12-19/h6-9,15H,1-5,10-12,19H2,(H,20,23). The second-order valence-corrected chi connectivity index (χ2v) is 5.84. The minimum Gasteiger partial charge on any atom is -0.352 e. The Labute approximate surface area is 136 Å². The van der Waals surface area contributed by atoms with Gasteiger partial charge in [-0.1, -0.05) is 0 Å². The number of nitrogens with two attached hydrogens (primary N) is 1. The Morgan fingerprint density at radius 3 is 2.70 bits per heavy atom. The number of amides is 2. The summed E-state index contributed by atoms with van der Waals surface area (Å²) in [5, 5.41) is 2.75. The number of carbonyl (C=O) groups excluding carboxylic acids is 2. The number of nitrogens with one attached hydrogen (secondary N) is 1. The van der Waals surface area contributed by atoms with Crippen LogP contribution in [0.3, 0.4) is 0 Å². The highest BCUT2D eigenvalue weighted by molar-refractivity contribution is 5.94. The number of carbonyl (C=O) groups is 2. The molecule has 23 heavy (non-hydrogen) atoms. The van der Waals surface area contributed by atoms with Gasteiger partial charge in [-0.05, 0) is 49.9 Å². The summed E-state index contributed by atoms with van der Waals surface area (Å²) in [6.07, 6.45) is 4.12. The molecular weight excluding hydrogens is 297 g/mol. The minimum atomic E-state index is -0.372. The minimum absolute atomic E-state index is 0.108. The molecule has 126 valence electrons. The van der Waals surface area contributed by atoms with Gasteiger partial charge in [-0.3, -0.25) is 9.59 Å². The number of rotatable bonds is 6. The van der Waals surface area contributed by atoms with Gasteiger partial charge in [0.2, 0.25) is 5.91 Å². The maximum absolute atomic E-state index is 12.8. The Hall–Kier alpha value is -1.95. The van der Waals surface area contributed by atoms with Crippen LogP contribution in [0, 0.1) is 5.82 Å². The Morgan fingerprint density at radius 1 is 1.26 bits per heavy atom. The van der Waals surface area contributed by atoms with Crippen LogP contribution < -0.4 is 11.1 Å². The molecule has 1 aliphatic rings. The topological polar surface area (TPSA) is 75.4 Å². The van der Waals surface area contributed by atoms with Gasteiger partial charge in [0, 0.05) is 37.7 Å². The molecule has 1 heterocycles. The normalized spacial score (nSPS) is 17.8. The van der Waals surface area contributed by atoms with Gasteiger partial charge in [-0.15, -0.1) is 0 Å². The summed E-state index contributed by atoms with van der Waals surface area (Å²) in [7, 11) is 0. The van der Waals surface area contributed by atoms with Gasteiger partial charge < -0.3 is 16.0 Å². The first kappa shape index (κ1) is 17.4. The van der Waals surface area contributed by atoms with Gasteiger partial charge in [0.05, 0.1) is 0 Å². The molecule has 0 radical (unpaired) electrons. The molecule has 0 saturated carbocycles. The van der Waals surface area contributed by atoms with Crippen molar-refractivity contribution in [1.82, 2.24) is 10.2 Å². The lowest BCUT2D eigenvalue weighted by Crippen LogP contribution is -2.47. The summed E-state index contributed by atoms with van der Waals surface area (Å²) < 4.78 is 12.8. The number of hydrogen-bond acceptors (Lipinski definition) is 3. The number of piperidine rings is 1. The second-order valence-electron chi connectivity index (χ2n) is 5.84. The summed E-state index contributed by atoms with van der Waals surface area (Å²) in [6, 6.07) is 5.54. The third kappa shape index (κ3) is 5.03. The van der Waals surface area contributed by atoms with Crippen LogP contribution in [0.2, 0.25) is 0 Å². The molecule has 1 unspecified atom stereocenters. The molecule has 1 aromatic rings. The zero-order valence-electron chi connectivity index (χ0n) is 13.3. The van der Waals surface area contributed by atoms with E-state index >= 15 is 0 Å². The first-order chi connectivity index (χ1) is 11.1. The molecule has 0 aliphatic carbocycles. The van der Waals surface area contributed by atoms with E-state index in [0.717, 1.165) is 25.8 Å². The van der Waals surface area contributed by atoms with Crippen molar-refractivity contribution in [1.29, 1.82) is 0 Å². The van der Waals surface area contributed by atoms with E-state index in [9.17, 15) is 14.0 Å². The highest BCUT2D eigenvalue weighted by Crippen LogP contribution is 2.17. The van der Waals surface area contributed by atoms with Crippen LogP contribution in [-0.4, -0.2) is 42.4 Å². The number of likely N-dealkylation sites (tertiary alicyclic amines) is 1. The fourth-order valence-corrected chi connectivity index (χ4v) is 2.86. The molecule has 1 aliphatic heterocycles. The third-order valence-electron chi connectivity index (χ3n) is 4.18. The van der Waals surface area contributed by atoms with Gasteiger partial charge in [-0.25, -0.2) is 4.39 Å². The highest BCUT2D eigenvalue weighted by atomic mass is 19.1. The van der Waals surface area contributed by atoms with Crippen molar-refractivity contribution in [2.45, 2.75) is 38.1 Å². The predicted octanol–water partition coefficient (Wildman–Crippen LogP) is 1.68. The zero-order chi connectivity index (χ0) is 16.7. The van der Waals surface area contributed by atoms with Crippen molar-refractivity contribution in [3.63, 3.8) is 0 Å². The van der Waals surface area contributed by atoms with E-state index in [2.05, 4.69) is 5.32 Å². The quantitative estimate of drug-likeness (QED) is 0.783. The molecule has 3 N–H and O–H groups in total. The zero-order valence-corrected chi connectivity index (χ0v) is 13.3. The van der Waals surface area contributed by atoms with E-state index in [-0.39, 0.29) is 23.7 Å². The maximum atomic E-state index is 12.8. The molecular formula is C17H24FN3O2. The molecule has 1 fully saturated rings. The average molecular weight is 321 g/mol. The van der Waals surface area contributed by atoms with Gasteiger partial charge >= 0.3 is 0 Å². The Morgan fingerprint density at radius 2 is 2.00 bits per heavy atom. The molecule has 0 aromatic heterocycles. The van der Waals surface area contributed by atoms with E-state index in [1.165, 1.54) is 24.3 Å². The number of nitrogens with zero attached hydrogens (tertiary/aromatic N) is 1. The summed E-state index contributed by atoms with van der Waals surface area (Å²) in [4.78, 5) is 26.0. The Bertz CT molecular complexity index is 533. The highest BCUT2D eigenvalue weighted by Gasteiger charge is 2.24. The summed E-state index contributed by atoms with van der Waals surface area (Å²) in [6.45, 7) is 1.71. The van der Waals surface area contributed by atoms with E-state index in [0.29, 0.717) is 31.5 Å². The van der Waals surface area contributed by atoms with Gasteiger partial charge in [0.1, 0.15) is 5.82 Å². The van der Waals surface area contributed by atoms with Crippen LogP contribution in [-0.2, 0) is 4.79 Å². The predicted molar refractivity (Wildman–Crippen MR) is 86.4 cm³/mol. The monoisotopic (exact) mass is 321 g/mol. The van der Waals surface area contributed by atoms with Crippen LogP contribution in [0.1, 0.15) is 42.5 Å². The molecule has 1 atom stereocenters. The molecule has 5 nitrogen and oxygen atoms in total. The number of benzene rings is 1. The van der Waals surface area contributed by atoms with Crippen LogP contribution >= 0.6 is 0 Å². The molecule has 0 bridgehead atoms. The molecule has 1 saturated heterocycles. The second kappa shape index (κ2) is 8.62. The Kier molecular flexibility index (Phi) is 6.52. The van der Waals surface area contributed by atoms with Crippen LogP contribution in [0.25, 0.3) is 0 Å². The molecule has 6 heteroatoms. The van der Waals surface area contributed by atoms with E-state index in [4.69, 9.17) is 5.73 Å².